The first-order valence-electron chi connectivity index (χ1n) is 7.29. The van der Waals surface area contributed by atoms with Gasteiger partial charge in [-0.25, -0.2) is 5.84 Å². The molecule has 1 fully saturated rings. The van der Waals surface area contributed by atoms with Gasteiger partial charge in [0.2, 0.25) is 17.8 Å². The summed E-state index contributed by atoms with van der Waals surface area (Å²) in [5, 5.41) is 0. The molecule has 0 atom stereocenters. The van der Waals surface area contributed by atoms with Crippen LogP contribution in [0.15, 0.2) is 0 Å². The molecule has 118 valence electrons. The van der Waals surface area contributed by atoms with E-state index in [9.17, 15) is 0 Å². The molecule has 0 spiro atoms. The van der Waals surface area contributed by atoms with Gasteiger partial charge in [-0.2, -0.15) is 15.0 Å². The molecule has 0 unspecified atom stereocenters. The number of piperidine rings is 1. The minimum atomic E-state index is 0.388. The number of nitrogens with two attached hydrogens (primary N) is 1. The quantitative estimate of drug-likeness (QED) is 0.580. The molecule has 0 aliphatic carbocycles. The van der Waals surface area contributed by atoms with E-state index >= 15 is 0 Å². The average Bonchev–Trinajstić information content (AvgIpc) is 2.49. The Bertz CT molecular complexity index is 455. The van der Waals surface area contributed by atoms with Crippen LogP contribution in [0.3, 0.4) is 0 Å². The number of rotatable bonds is 5. The second-order valence-corrected chi connectivity index (χ2v) is 5.92. The van der Waals surface area contributed by atoms with Crippen LogP contribution < -0.4 is 21.1 Å². The third kappa shape index (κ3) is 4.15. The molecule has 3 N–H and O–H groups in total. The highest BCUT2D eigenvalue weighted by Crippen LogP contribution is 2.20. The van der Waals surface area contributed by atoms with Gasteiger partial charge in [0.05, 0.1) is 0 Å². The van der Waals surface area contributed by atoms with Crippen LogP contribution in [0.4, 0.5) is 17.8 Å². The van der Waals surface area contributed by atoms with Gasteiger partial charge >= 0.3 is 0 Å². The Morgan fingerprint density at radius 3 is 2.33 bits per heavy atom. The van der Waals surface area contributed by atoms with Crippen LogP contribution in [-0.2, 0) is 0 Å². The van der Waals surface area contributed by atoms with Crippen molar-refractivity contribution in [2.75, 3.05) is 63.1 Å². The minimum Gasteiger partial charge on any atom is -0.347 e. The predicted octanol–water partition coefficient (Wildman–Crippen LogP) is 0.00120. The Morgan fingerprint density at radius 2 is 1.76 bits per heavy atom. The molecule has 1 aromatic heterocycles. The Morgan fingerprint density at radius 1 is 1.14 bits per heavy atom. The Labute approximate surface area is 126 Å². The third-order valence-electron chi connectivity index (χ3n) is 3.85. The Kier molecular flexibility index (Phi) is 5.13. The number of likely N-dealkylation sites (tertiary alicyclic amines) is 1. The highest BCUT2D eigenvalue weighted by molar-refractivity contribution is 5.43. The fourth-order valence-electron chi connectivity index (χ4n) is 2.50. The molecule has 8 nitrogen and oxygen atoms in total. The van der Waals surface area contributed by atoms with Gasteiger partial charge in [-0.15, -0.1) is 0 Å². The molecule has 1 aliphatic rings. The van der Waals surface area contributed by atoms with Crippen LogP contribution >= 0.6 is 0 Å². The van der Waals surface area contributed by atoms with Crippen molar-refractivity contribution < 1.29 is 0 Å². The molecule has 1 aromatic rings. The van der Waals surface area contributed by atoms with Gasteiger partial charge in [-0.05, 0) is 38.9 Å². The van der Waals surface area contributed by atoms with Crippen LogP contribution in [0.25, 0.3) is 0 Å². The van der Waals surface area contributed by atoms with Crippen LogP contribution in [0.5, 0.6) is 0 Å². The number of aromatic nitrogens is 3. The van der Waals surface area contributed by atoms with Gasteiger partial charge in [0.15, 0.2) is 0 Å². The van der Waals surface area contributed by atoms with Crippen LogP contribution in [0.1, 0.15) is 12.8 Å². The summed E-state index contributed by atoms with van der Waals surface area (Å²) < 4.78 is 0. The normalized spacial score (nSPS) is 16.8. The first-order chi connectivity index (χ1) is 9.99. The summed E-state index contributed by atoms with van der Waals surface area (Å²) in [6.07, 6.45) is 2.43. The van der Waals surface area contributed by atoms with Crippen molar-refractivity contribution in [3.63, 3.8) is 0 Å². The highest BCUT2D eigenvalue weighted by Gasteiger charge is 2.20. The van der Waals surface area contributed by atoms with Gasteiger partial charge in [-0.3, -0.25) is 5.43 Å². The number of hydrazine groups is 1. The zero-order valence-corrected chi connectivity index (χ0v) is 13.4. The number of hydrogen-bond donors (Lipinski definition) is 2. The molecule has 2 heterocycles. The van der Waals surface area contributed by atoms with Gasteiger partial charge in [-0.1, -0.05) is 0 Å². The van der Waals surface area contributed by atoms with Crippen molar-refractivity contribution >= 4 is 17.8 Å². The second kappa shape index (κ2) is 6.86. The fourth-order valence-corrected chi connectivity index (χ4v) is 2.50. The predicted molar refractivity (Wildman–Crippen MR) is 85.5 cm³/mol. The summed E-state index contributed by atoms with van der Waals surface area (Å²) in [4.78, 5) is 19.4. The number of nitrogens with zero attached hydrogens (tertiary/aromatic N) is 6. The number of anilines is 3. The van der Waals surface area contributed by atoms with Crippen molar-refractivity contribution in [2.45, 2.75) is 12.8 Å². The lowest BCUT2D eigenvalue weighted by molar-refractivity contribution is 0.222. The van der Waals surface area contributed by atoms with Crippen LogP contribution in [0, 0.1) is 5.92 Å². The molecule has 1 aliphatic heterocycles. The highest BCUT2D eigenvalue weighted by atomic mass is 15.4. The molecular formula is C13H26N8. The molecule has 21 heavy (non-hydrogen) atoms. The SMILES string of the molecule is CN1CCC(CN(C)c2nc(NN)nc(N(C)C)n2)CC1. The van der Waals surface area contributed by atoms with Crippen LogP contribution in [0.2, 0.25) is 0 Å². The summed E-state index contributed by atoms with van der Waals surface area (Å²) in [6, 6.07) is 0. The second-order valence-electron chi connectivity index (χ2n) is 5.92. The van der Waals surface area contributed by atoms with Crippen molar-refractivity contribution in [1.29, 1.82) is 0 Å². The topological polar surface area (TPSA) is 86.4 Å². The zero-order valence-electron chi connectivity index (χ0n) is 13.4. The van der Waals surface area contributed by atoms with Crippen LogP contribution in [-0.4, -0.2) is 67.7 Å². The van der Waals surface area contributed by atoms with E-state index in [1.807, 2.05) is 26.0 Å². The van der Waals surface area contributed by atoms with E-state index in [2.05, 4.69) is 37.2 Å². The molecular weight excluding hydrogens is 268 g/mol. The summed E-state index contributed by atoms with van der Waals surface area (Å²) in [5.74, 6) is 7.76. The first kappa shape index (κ1) is 15.7. The van der Waals surface area contributed by atoms with Crippen molar-refractivity contribution in [1.82, 2.24) is 19.9 Å². The van der Waals surface area contributed by atoms with E-state index in [4.69, 9.17) is 5.84 Å². The molecule has 0 amide bonds. The maximum Gasteiger partial charge on any atom is 0.243 e. The maximum absolute atomic E-state index is 5.44. The molecule has 1 saturated heterocycles. The molecule has 0 saturated carbocycles. The van der Waals surface area contributed by atoms with Gasteiger partial charge in [0, 0.05) is 27.7 Å². The average molecular weight is 294 g/mol. The number of nitrogens with one attached hydrogen (secondary N) is 1. The molecule has 0 bridgehead atoms. The largest absolute Gasteiger partial charge is 0.347 e. The van der Waals surface area contributed by atoms with E-state index < -0.39 is 0 Å². The molecule has 0 radical (unpaired) electrons. The van der Waals surface area contributed by atoms with Gasteiger partial charge < -0.3 is 14.7 Å². The Balaban J connectivity index is 2.07. The van der Waals surface area contributed by atoms with Gasteiger partial charge in [0.25, 0.3) is 0 Å². The zero-order chi connectivity index (χ0) is 15.4. The van der Waals surface area contributed by atoms with Gasteiger partial charge in [0.1, 0.15) is 0 Å². The van der Waals surface area contributed by atoms with Crippen molar-refractivity contribution in [2.24, 2.45) is 11.8 Å². The summed E-state index contributed by atoms with van der Waals surface area (Å²) in [6.45, 7) is 3.28. The van der Waals surface area contributed by atoms with E-state index in [-0.39, 0.29) is 0 Å². The van der Waals surface area contributed by atoms with Crippen molar-refractivity contribution in [3.8, 4) is 0 Å². The molecule has 2 rings (SSSR count). The maximum atomic E-state index is 5.44. The lowest BCUT2D eigenvalue weighted by Crippen LogP contribution is -2.36. The summed E-state index contributed by atoms with van der Waals surface area (Å²) in [5.41, 5.74) is 2.50. The first-order valence-corrected chi connectivity index (χ1v) is 7.29. The summed E-state index contributed by atoms with van der Waals surface area (Å²) in [7, 11) is 7.99. The van der Waals surface area contributed by atoms with E-state index in [0.717, 1.165) is 19.6 Å². The lowest BCUT2D eigenvalue weighted by Gasteiger charge is -2.31. The van der Waals surface area contributed by atoms with E-state index in [1.54, 1.807) is 0 Å². The Hall–Kier alpha value is -1.67. The smallest absolute Gasteiger partial charge is 0.243 e. The minimum absolute atomic E-state index is 0.388. The third-order valence-corrected chi connectivity index (χ3v) is 3.85. The van der Waals surface area contributed by atoms with E-state index in [0.29, 0.717) is 23.8 Å². The monoisotopic (exact) mass is 294 g/mol. The molecule has 0 aromatic carbocycles. The lowest BCUT2D eigenvalue weighted by atomic mass is 9.97. The van der Waals surface area contributed by atoms with Crippen molar-refractivity contribution in [3.05, 3.63) is 0 Å². The summed E-state index contributed by atoms with van der Waals surface area (Å²) >= 11 is 0. The number of hydrogen-bond acceptors (Lipinski definition) is 8. The fraction of sp³-hybridized carbons (Fsp3) is 0.769. The molecule has 8 heteroatoms. The van der Waals surface area contributed by atoms with E-state index in [1.165, 1.54) is 12.8 Å². The number of nitrogen functional groups attached to an aromatic ring is 1. The standard InChI is InChI=1S/C13H26N8/c1-19(2)12-15-11(18-14)16-13(17-12)21(4)9-10-5-7-20(3)8-6-10/h10H,5-9,14H2,1-4H3,(H,15,16,17,18).